The number of allylic oxidation sites excluding steroid dienone is 1. The molecule has 3 aliphatic rings. The Morgan fingerprint density at radius 2 is 2.17 bits per heavy atom. The summed E-state index contributed by atoms with van der Waals surface area (Å²) < 4.78 is 11.0. The Balaban J connectivity index is 1.87. The predicted molar refractivity (Wildman–Crippen MR) is 82.4 cm³/mol. The molecule has 0 radical (unpaired) electrons. The van der Waals surface area contributed by atoms with E-state index >= 15 is 0 Å². The maximum absolute atomic E-state index is 12.4. The number of nitrogens with zero attached hydrogens (tertiary/aromatic N) is 1. The van der Waals surface area contributed by atoms with Crippen molar-refractivity contribution in [2.45, 2.75) is 44.9 Å². The third-order valence-corrected chi connectivity index (χ3v) is 4.99. The van der Waals surface area contributed by atoms with Crippen molar-refractivity contribution in [3.05, 3.63) is 23.3 Å². The number of rotatable bonds is 0. The van der Waals surface area contributed by atoms with Crippen LogP contribution in [0.25, 0.3) is 0 Å². The maximum Gasteiger partial charge on any atom is 0.335 e. The van der Waals surface area contributed by atoms with E-state index in [1.165, 1.54) is 0 Å². The van der Waals surface area contributed by atoms with E-state index in [2.05, 4.69) is 4.90 Å². The summed E-state index contributed by atoms with van der Waals surface area (Å²) >= 11 is 0. The fourth-order valence-electron chi connectivity index (χ4n) is 3.59. The quantitative estimate of drug-likeness (QED) is 0.404. The van der Waals surface area contributed by atoms with Gasteiger partial charge >= 0.3 is 11.9 Å². The highest BCUT2D eigenvalue weighted by Crippen LogP contribution is 2.32. The lowest BCUT2D eigenvalue weighted by Gasteiger charge is -2.26. The van der Waals surface area contributed by atoms with Crippen molar-refractivity contribution >= 4 is 11.9 Å². The van der Waals surface area contributed by atoms with E-state index in [4.69, 9.17) is 9.47 Å². The van der Waals surface area contributed by atoms with Gasteiger partial charge in [-0.25, -0.2) is 9.59 Å². The number of aliphatic hydroxyl groups excluding tert-OH is 1. The summed E-state index contributed by atoms with van der Waals surface area (Å²) in [5.74, 6) is -1.39. The second kappa shape index (κ2) is 6.45. The summed E-state index contributed by atoms with van der Waals surface area (Å²) in [6.07, 6.45) is 3.35. The number of esters is 2. The highest BCUT2D eigenvalue weighted by molar-refractivity contribution is 5.88. The average molecular weight is 321 g/mol. The number of cyclic esters (lactones) is 1. The van der Waals surface area contributed by atoms with E-state index in [0.29, 0.717) is 5.57 Å². The summed E-state index contributed by atoms with van der Waals surface area (Å²) in [5, 5.41) is 10.1. The molecular formula is C17H23NO5. The molecule has 3 rings (SSSR count). The molecule has 6 heteroatoms. The first-order chi connectivity index (χ1) is 11.0. The van der Waals surface area contributed by atoms with Crippen molar-refractivity contribution in [3.8, 4) is 0 Å². The number of ether oxygens (including phenoxy) is 2. The molecule has 3 aliphatic heterocycles. The maximum atomic E-state index is 12.4. The summed E-state index contributed by atoms with van der Waals surface area (Å²) in [4.78, 5) is 26.7. The molecule has 0 bridgehead atoms. The first-order valence-electron chi connectivity index (χ1n) is 8.15. The van der Waals surface area contributed by atoms with Crippen molar-refractivity contribution in [2.24, 2.45) is 5.92 Å². The molecule has 2 saturated heterocycles. The lowest BCUT2D eigenvalue weighted by molar-refractivity contribution is -0.156. The molecule has 0 saturated carbocycles. The highest BCUT2D eigenvalue weighted by Gasteiger charge is 2.42. The van der Waals surface area contributed by atoms with Gasteiger partial charge in [0.1, 0.15) is 12.7 Å². The van der Waals surface area contributed by atoms with E-state index in [-0.39, 0.29) is 31.1 Å². The van der Waals surface area contributed by atoms with Crippen LogP contribution in [0.5, 0.6) is 0 Å². The Morgan fingerprint density at radius 3 is 2.91 bits per heavy atom. The molecule has 3 heterocycles. The second-order valence-electron chi connectivity index (χ2n) is 6.50. The highest BCUT2D eigenvalue weighted by atomic mass is 16.6. The normalized spacial score (nSPS) is 37.5. The lowest BCUT2D eigenvalue weighted by atomic mass is 9.95. The average Bonchev–Trinajstić information content (AvgIpc) is 3.11. The zero-order valence-electron chi connectivity index (χ0n) is 13.5. The van der Waals surface area contributed by atoms with E-state index in [1.807, 2.05) is 6.08 Å². The number of hydrogen-bond acceptors (Lipinski definition) is 6. The largest absolute Gasteiger partial charge is 0.459 e. The molecule has 0 amide bonds. The van der Waals surface area contributed by atoms with Crippen LogP contribution < -0.4 is 0 Å². The van der Waals surface area contributed by atoms with Crippen molar-refractivity contribution in [1.82, 2.24) is 4.90 Å². The van der Waals surface area contributed by atoms with Gasteiger partial charge in [-0.15, -0.1) is 0 Å². The molecule has 0 aromatic heterocycles. The van der Waals surface area contributed by atoms with Gasteiger partial charge in [-0.2, -0.15) is 0 Å². The monoisotopic (exact) mass is 321 g/mol. The topological polar surface area (TPSA) is 76.1 Å². The van der Waals surface area contributed by atoms with Gasteiger partial charge in [0.2, 0.25) is 0 Å². The molecule has 23 heavy (non-hydrogen) atoms. The SMILES string of the molecule is C/C=C1\CC(C)C(O)C(=O)OCC2=CCN3CC[C@@H](OC1=O)C23. The van der Waals surface area contributed by atoms with E-state index < -0.39 is 18.0 Å². The molecule has 6 nitrogen and oxygen atoms in total. The smallest absolute Gasteiger partial charge is 0.335 e. The Labute approximate surface area is 135 Å². The minimum absolute atomic E-state index is 0.0150. The Morgan fingerprint density at radius 1 is 1.39 bits per heavy atom. The van der Waals surface area contributed by atoms with Crippen molar-refractivity contribution in [2.75, 3.05) is 19.7 Å². The standard InChI is InChI=1S/C17H23NO5/c1-3-11-8-10(2)15(19)17(21)22-9-12-4-6-18-7-5-13(14(12)18)23-16(11)20/h3-4,10,13-15,19H,5-9H2,1-2H3/b11-3+/t10?,13-,14?,15?/m1/s1. The number of hydrogen-bond donors (Lipinski definition) is 1. The third-order valence-electron chi connectivity index (χ3n) is 4.99. The van der Waals surface area contributed by atoms with Gasteiger partial charge in [0, 0.05) is 18.7 Å². The first kappa shape index (κ1) is 16.2. The van der Waals surface area contributed by atoms with Crippen molar-refractivity contribution in [3.63, 3.8) is 0 Å². The molecular weight excluding hydrogens is 298 g/mol. The van der Waals surface area contributed by atoms with Crippen LogP contribution in [-0.4, -0.2) is 59.9 Å². The van der Waals surface area contributed by atoms with E-state index in [0.717, 1.165) is 25.1 Å². The fraction of sp³-hybridized carbons (Fsp3) is 0.647. The van der Waals surface area contributed by atoms with Crippen LogP contribution in [0.2, 0.25) is 0 Å². The van der Waals surface area contributed by atoms with Gasteiger partial charge in [-0.05, 0) is 31.3 Å². The summed E-state index contributed by atoms with van der Waals surface area (Å²) in [6.45, 7) is 5.28. The summed E-state index contributed by atoms with van der Waals surface area (Å²) in [7, 11) is 0. The van der Waals surface area contributed by atoms with Gasteiger partial charge in [-0.1, -0.05) is 19.1 Å². The minimum atomic E-state index is -1.24. The van der Waals surface area contributed by atoms with Gasteiger partial charge in [-0.3, -0.25) is 4.90 Å². The van der Waals surface area contributed by atoms with Crippen LogP contribution in [0.1, 0.15) is 26.7 Å². The van der Waals surface area contributed by atoms with Gasteiger partial charge in [0.05, 0.1) is 6.04 Å². The molecule has 126 valence electrons. The summed E-state index contributed by atoms with van der Waals surface area (Å²) in [5.41, 5.74) is 1.45. The van der Waals surface area contributed by atoms with Crippen LogP contribution in [0.15, 0.2) is 23.3 Å². The Hall–Kier alpha value is -1.66. The molecule has 0 aromatic rings. The van der Waals surface area contributed by atoms with E-state index in [1.54, 1.807) is 19.9 Å². The molecule has 3 unspecified atom stereocenters. The minimum Gasteiger partial charge on any atom is -0.459 e. The van der Waals surface area contributed by atoms with Crippen LogP contribution in [0.3, 0.4) is 0 Å². The van der Waals surface area contributed by atoms with Crippen LogP contribution >= 0.6 is 0 Å². The van der Waals surface area contributed by atoms with Gasteiger partial charge < -0.3 is 14.6 Å². The molecule has 0 aromatic carbocycles. The van der Waals surface area contributed by atoms with Crippen LogP contribution in [-0.2, 0) is 19.1 Å². The van der Waals surface area contributed by atoms with Crippen molar-refractivity contribution < 1.29 is 24.2 Å². The van der Waals surface area contributed by atoms with Crippen LogP contribution in [0, 0.1) is 5.92 Å². The second-order valence-corrected chi connectivity index (χ2v) is 6.50. The number of carbonyl (C=O) groups excluding carboxylic acids is 2. The molecule has 2 fully saturated rings. The molecule has 4 atom stereocenters. The molecule has 1 N–H and O–H groups in total. The van der Waals surface area contributed by atoms with Gasteiger partial charge in [0.15, 0.2) is 6.10 Å². The molecule has 0 spiro atoms. The number of aliphatic hydroxyl groups is 1. The lowest BCUT2D eigenvalue weighted by Crippen LogP contribution is -2.38. The first-order valence-corrected chi connectivity index (χ1v) is 8.15. The molecule has 0 aliphatic carbocycles. The van der Waals surface area contributed by atoms with Crippen molar-refractivity contribution in [1.29, 1.82) is 0 Å². The van der Waals surface area contributed by atoms with Crippen LogP contribution in [0.4, 0.5) is 0 Å². The number of carbonyl (C=O) groups is 2. The Kier molecular flexibility index (Phi) is 4.55. The zero-order valence-corrected chi connectivity index (χ0v) is 13.5. The summed E-state index contributed by atoms with van der Waals surface area (Å²) in [6, 6.07) is -0.0150. The van der Waals surface area contributed by atoms with Gasteiger partial charge in [0.25, 0.3) is 0 Å². The van der Waals surface area contributed by atoms with E-state index in [9.17, 15) is 14.7 Å². The predicted octanol–water partition coefficient (Wildman–Crippen LogP) is 0.803. The third kappa shape index (κ3) is 3.05. The fourth-order valence-corrected chi connectivity index (χ4v) is 3.59. The zero-order chi connectivity index (χ0) is 16.6. The Bertz CT molecular complexity index is 567.